The number of amides is 2. The minimum Gasteiger partial charge on any atom is -0.344 e. The molecule has 3 rings (SSSR count). The van der Waals surface area contributed by atoms with Crippen LogP contribution in [0.25, 0.3) is 0 Å². The van der Waals surface area contributed by atoms with Gasteiger partial charge < -0.3 is 10.2 Å². The number of nitrogens with zero attached hydrogens (tertiary/aromatic N) is 2. The summed E-state index contributed by atoms with van der Waals surface area (Å²) in [4.78, 5) is 30.8. The van der Waals surface area contributed by atoms with Gasteiger partial charge in [0, 0.05) is 17.8 Å². The maximum atomic E-state index is 12.7. The molecular formula is C14H19N3O2S. The van der Waals surface area contributed by atoms with Crippen LogP contribution in [-0.2, 0) is 16.1 Å². The van der Waals surface area contributed by atoms with Crippen LogP contribution in [0.4, 0.5) is 0 Å². The molecule has 1 saturated carbocycles. The predicted molar refractivity (Wildman–Crippen MR) is 76.1 cm³/mol. The smallest absolute Gasteiger partial charge is 0.246 e. The highest BCUT2D eigenvalue weighted by Gasteiger charge is 2.42. The first-order valence-electron chi connectivity index (χ1n) is 7.05. The lowest BCUT2D eigenvalue weighted by atomic mass is 10.1. The van der Waals surface area contributed by atoms with Crippen molar-refractivity contribution >= 4 is 23.2 Å². The van der Waals surface area contributed by atoms with Crippen LogP contribution in [0.2, 0.25) is 0 Å². The molecule has 108 valence electrons. The number of hydrogen-bond donors (Lipinski definition) is 1. The summed E-state index contributed by atoms with van der Waals surface area (Å²) in [5, 5.41) is 5.88. The Morgan fingerprint density at radius 1 is 1.45 bits per heavy atom. The van der Waals surface area contributed by atoms with E-state index >= 15 is 0 Å². The zero-order chi connectivity index (χ0) is 14.3. The third kappa shape index (κ3) is 2.70. The first-order valence-corrected chi connectivity index (χ1v) is 7.93. The van der Waals surface area contributed by atoms with Gasteiger partial charge in [-0.05, 0) is 32.6 Å². The molecule has 1 N–H and O–H groups in total. The van der Waals surface area contributed by atoms with Gasteiger partial charge in [-0.1, -0.05) is 0 Å². The highest BCUT2D eigenvalue weighted by Crippen LogP contribution is 2.35. The summed E-state index contributed by atoms with van der Waals surface area (Å²) < 4.78 is 0. The first kappa shape index (κ1) is 13.5. The molecule has 20 heavy (non-hydrogen) atoms. The Balaban J connectivity index is 1.81. The molecule has 2 atom stereocenters. The molecule has 1 aromatic rings. The third-order valence-electron chi connectivity index (χ3n) is 3.97. The summed E-state index contributed by atoms with van der Waals surface area (Å²) in [6.45, 7) is 4.40. The quantitative estimate of drug-likeness (QED) is 0.918. The number of hydrogen-bond acceptors (Lipinski definition) is 4. The molecule has 2 amide bonds. The van der Waals surface area contributed by atoms with Crippen LogP contribution in [0.15, 0.2) is 5.38 Å². The lowest BCUT2D eigenvalue weighted by Gasteiger charge is -2.28. The fourth-order valence-corrected chi connectivity index (χ4v) is 3.31. The monoisotopic (exact) mass is 293 g/mol. The number of carbonyl (C=O) groups is 2. The molecule has 2 heterocycles. The van der Waals surface area contributed by atoms with Crippen LogP contribution >= 0.6 is 11.3 Å². The molecule has 1 saturated heterocycles. The zero-order valence-corrected chi connectivity index (χ0v) is 12.6. The highest BCUT2D eigenvalue weighted by atomic mass is 32.1. The molecule has 2 aliphatic rings. The second kappa shape index (κ2) is 5.16. The van der Waals surface area contributed by atoms with Crippen LogP contribution in [0.5, 0.6) is 0 Å². The molecular weight excluding hydrogens is 274 g/mol. The van der Waals surface area contributed by atoms with Crippen molar-refractivity contribution in [2.45, 2.75) is 51.7 Å². The summed E-state index contributed by atoms with van der Waals surface area (Å²) in [7, 11) is 0. The van der Waals surface area contributed by atoms with Crippen LogP contribution < -0.4 is 5.32 Å². The second-order valence-corrected chi connectivity index (χ2v) is 6.82. The van der Waals surface area contributed by atoms with E-state index in [-0.39, 0.29) is 23.9 Å². The van der Waals surface area contributed by atoms with E-state index in [0.29, 0.717) is 18.9 Å². The standard InChI is InChI=1S/C14H19N3O2S/c1-8-5-12(18)16-13(10-3-4-10)14(19)17(8)6-11-7-20-9(2)15-11/h7-8,10,13H,3-6H2,1-2H3,(H,16,18). The highest BCUT2D eigenvalue weighted by molar-refractivity contribution is 7.09. The van der Waals surface area contributed by atoms with Crippen LogP contribution in [0.1, 0.15) is 36.9 Å². The van der Waals surface area contributed by atoms with Gasteiger partial charge in [-0.15, -0.1) is 11.3 Å². The third-order valence-corrected chi connectivity index (χ3v) is 4.79. The van der Waals surface area contributed by atoms with E-state index in [1.165, 1.54) is 0 Å². The Kier molecular flexibility index (Phi) is 3.50. The van der Waals surface area contributed by atoms with Crippen molar-refractivity contribution in [3.63, 3.8) is 0 Å². The topological polar surface area (TPSA) is 62.3 Å². The minimum atomic E-state index is -0.327. The average Bonchev–Trinajstić information content (AvgIpc) is 3.15. The van der Waals surface area contributed by atoms with Gasteiger partial charge in [0.15, 0.2) is 0 Å². The van der Waals surface area contributed by atoms with E-state index in [2.05, 4.69) is 10.3 Å². The van der Waals surface area contributed by atoms with Crippen molar-refractivity contribution in [2.24, 2.45) is 5.92 Å². The minimum absolute atomic E-state index is 0.0142. The lowest BCUT2D eigenvalue weighted by Crippen LogP contribution is -2.47. The molecule has 1 aliphatic heterocycles. The molecule has 2 fully saturated rings. The predicted octanol–water partition coefficient (Wildman–Crippen LogP) is 1.47. The Morgan fingerprint density at radius 2 is 2.20 bits per heavy atom. The number of aryl methyl sites for hydroxylation is 1. The number of nitrogens with one attached hydrogen (secondary N) is 1. The lowest BCUT2D eigenvalue weighted by molar-refractivity contribution is -0.136. The van der Waals surface area contributed by atoms with E-state index in [1.54, 1.807) is 11.3 Å². The van der Waals surface area contributed by atoms with Crippen molar-refractivity contribution in [3.05, 3.63) is 16.1 Å². The molecule has 5 nitrogen and oxygen atoms in total. The fourth-order valence-electron chi connectivity index (χ4n) is 2.71. The van der Waals surface area contributed by atoms with Gasteiger partial charge in [0.25, 0.3) is 0 Å². The Bertz CT molecular complexity index is 538. The van der Waals surface area contributed by atoms with Gasteiger partial charge in [0.1, 0.15) is 6.04 Å². The summed E-state index contributed by atoms with van der Waals surface area (Å²) in [5.41, 5.74) is 0.914. The first-order chi connectivity index (χ1) is 9.54. The van der Waals surface area contributed by atoms with Gasteiger partial charge in [0.05, 0.1) is 17.2 Å². The van der Waals surface area contributed by atoms with Gasteiger partial charge in [-0.25, -0.2) is 4.98 Å². The van der Waals surface area contributed by atoms with Gasteiger partial charge in [0.2, 0.25) is 11.8 Å². The van der Waals surface area contributed by atoms with E-state index < -0.39 is 0 Å². The molecule has 2 unspecified atom stereocenters. The zero-order valence-electron chi connectivity index (χ0n) is 11.8. The van der Waals surface area contributed by atoms with Gasteiger partial charge >= 0.3 is 0 Å². The van der Waals surface area contributed by atoms with E-state index in [4.69, 9.17) is 0 Å². The largest absolute Gasteiger partial charge is 0.344 e. The van der Waals surface area contributed by atoms with Crippen LogP contribution in [0, 0.1) is 12.8 Å². The van der Waals surface area contributed by atoms with E-state index in [9.17, 15) is 9.59 Å². The Hall–Kier alpha value is -1.43. The number of carbonyl (C=O) groups excluding carboxylic acids is 2. The van der Waals surface area contributed by atoms with Crippen molar-refractivity contribution in [1.82, 2.24) is 15.2 Å². The number of aromatic nitrogens is 1. The second-order valence-electron chi connectivity index (χ2n) is 5.76. The summed E-state index contributed by atoms with van der Waals surface area (Å²) in [6, 6.07) is -0.402. The fraction of sp³-hybridized carbons (Fsp3) is 0.643. The average molecular weight is 293 g/mol. The molecule has 0 aromatic carbocycles. The summed E-state index contributed by atoms with van der Waals surface area (Å²) >= 11 is 1.59. The molecule has 0 radical (unpaired) electrons. The molecule has 0 bridgehead atoms. The van der Waals surface area contributed by atoms with Crippen molar-refractivity contribution in [1.29, 1.82) is 0 Å². The van der Waals surface area contributed by atoms with Crippen LogP contribution in [-0.4, -0.2) is 33.8 Å². The molecule has 1 aromatic heterocycles. The van der Waals surface area contributed by atoms with E-state index in [0.717, 1.165) is 23.5 Å². The van der Waals surface area contributed by atoms with Crippen LogP contribution in [0.3, 0.4) is 0 Å². The molecule has 6 heteroatoms. The van der Waals surface area contributed by atoms with Crippen molar-refractivity contribution in [3.8, 4) is 0 Å². The van der Waals surface area contributed by atoms with Gasteiger partial charge in [-0.3, -0.25) is 9.59 Å². The molecule has 0 spiro atoms. The summed E-state index contributed by atoms with van der Waals surface area (Å²) in [5.74, 6) is 0.368. The normalized spacial score (nSPS) is 27.4. The maximum Gasteiger partial charge on any atom is 0.246 e. The number of thiazole rings is 1. The Morgan fingerprint density at radius 3 is 2.80 bits per heavy atom. The van der Waals surface area contributed by atoms with Crippen molar-refractivity contribution < 1.29 is 9.59 Å². The summed E-state index contributed by atoms with van der Waals surface area (Å²) in [6.07, 6.45) is 2.45. The SMILES string of the molecule is Cc1nc(CN2C(=O)C(C3CC3)NC(=O)CC2C)cs1. The Labute approximate surface area is 122 Å². The van der Waals surface area contributed by atoms with Gasteiger partial charge in [-0.2, -0.15) is 0 Å². The van der Waals surface area contributed by atoms with E-state index in [1.807, 2.05) is 24.1 Å². The van der Waals surface area contributed by atoms with Crippen molar-refractivity contribution in [2.75, 3.05) is 0 Å². The maximum absolute atomic E-state index is 12.7. The number of rotatable bonds is 3. The molecule has 1 aliphatic carbocycles.